The van der Waals surface area contributed by atoms with E-state index in [0.29, 0.717) is 36.7 Å². The SMILES string of the molecule is COCC#Cc1cnc2c(c1)C(=O)N([C@H](C)CO)C[C@H](C)[C@@H](CN(C)C)O2. The molecule has 2 heterocycles. The summed E-state index contributed by atoms with van der Waals surface area (Å²) in [6.45, 7) is 5.29. The molecular formula is C20H29N3O4. The van der Waals surface area contributed by atoms with E-state index in [2.05, 4.69) is 21.7 Å². The lowest BCUT2D eigenvalue weighted by atomic mass is 10.00. The van der Waals surface area contributed by atoms with E-state index in [1.807, 2.05) is 27.9 Å². The van der Waals surface area contributed by atoms with E-state index >= 15 is 0 Å². The molecule has 2 rings (SSSR count). The number of carbonyl (C=O) groups is 1. The topological polar surface area (TPSA) is 75.1 Å². The van der Waals surface area contributed by atoms with Gasteiger partial charge in [-0.15, -0.1) is 0 Å². The Bertz CT molecular complexity index is 711. The molecule has 1 aromatic heterocycles. The summed E-state index contributed by atoms with van der Waals surface area (Å²) in [4.78, 5) is 21.3. The van der Waals surface area contributed by atoms with Crippen molar-refractivity contribution in [3.05, 3.63) is 23.4 Å². The highest BCUT2D eigenvalue weighted by atomic mass is 16.5. The second-order valence-electron chi connectivity index (χ2n) is 7.20. The fraction of sp³-hybridized carbons (Fsp3) is 0.600. The van der Waals surface area contributed by atoms with Crippen molar-refractivity contribution in [2.45, 2.75) is 26.0 Å². The molecule has 27 heavy (non-hydrogen) atoms. The zero-order valence-corrected chi connectivity index (χ0v) is 16.7. The molecule has 0 aliphatic carbocycles. The third kappa shape index (κ3) is 5.42. The predicted molar refractivity (Wildman–Crippen MR) is 103 cm³/mol. The molecule has 1 N–H and O–H groups in total. The molecule has 0 spiro atoms. The highest BCUT2D eigenvalue weighted by molar-refractivity contribution is 5.97. The van der Waals surface area contributed by atoms with Gasteiger partial charge in [-0.1, -0.05) is 18.8 Å². The Labute approximate surface area is 161 Å². The number of likely N-dealkylation sites (N-methyl/N-ethyl adjacent to an activating group) is 1. The van der Waals surface area contributed by atoms with Gasteiger partial charge in [0.1, 0.15) is 18.3 Å². The van der Waals surface area contributed by atoms with Crippen LogP contribution in [0.5, 0.6) is 5.88 Å². The lowest BCUT2D eigenvalue weighted by Crippen LogP contribution is -2.49. The Morgan fingerprint density at radius 2 is 2.26 bits per heavy atom. The van der Waals surface area contributed by atoms with E-state index in [-0.39, 0.29) is 30.6 Å². The summed E-state index contributed by atoms with van der Waals surface area (Å²) in [5.41, 5.74) is 0.993. The average molecular weight is 375 g/mol. The summed E-state index contributed by atoms with van der Waals surface area (Å²) >= 11 is 0. The summed E-state index contributed by atoms with van der Waals surface area (Å²) in [7, 11) is 5.54. The quantitative estimate of drug-likeness (QED) is 0.770. The first-order valence-electron chi connectivity index (χ1n) is 9.08. The summed E-state index contributed by atoms with van der Waals surface area (Å²) in [6, 6.07) is 1.40. The van der Waals surface area contributed by atoms with Gasteiger partial charge >= 0.3 is 0 Å². The van der Waals surface area contributed by atoms with E-state index in [1.54, 1.807) is 24.3 Å². The van der Waals surface area contributed by atoms with E-state index < -0.39 is 0 Å². The molecule has 0 saturated carbocycles. The van der Waals surface area contributed by atoms with E-state index in [9.17, 15) is 9.90 Å². The number of fused-ring (bicyclic) bond motifs is 1. The second-order valence-corrected chi connectivity index (χ2v) is 7.20. The number of aliphatic hydroxyl groups excluding tert-OH is 1. The highest BCUT2D eigenvalue weighted by Crippen LogP contribution is 2.27. The van der Waals surface area contributed by atoms with Crippen molar-refractivity contribution in [3.63, 3.8) is 0 Å². The van der Waals surface area contributed by atoms with Crippen molar-refractivity contribution in [3.8, 4) is 17.7 Å². The maximum absolute atomic E-state index is 13.2. The average Bonchev–Trinajstić information content (AvgIpc) is 2.64. The highest BCUT2D eigenvalue weighted by Gasteiger charge is 2.33. The van der Waals surface area contributed by atoms with Crippen LogP contribution in [0.25, 0.3) is 0 Å². The Morgan fingerprint density at radius 1 is 1.52 bits per heavy atom. The Morgan fingerprint density at radius 3 is 2.89 bits per heavy atom. The number of ether oxygens (including phenoxy) is 2. The number of amides is 1. The van der Waals surface area contributed by atoms with Crippen LogP contribution in [0.4, 0.5) is 0 Å². The second kappa shape index (κ2) is 9.70. The minimum atomic E-state index is -0.297. The van der Waals surface area contributed by atoms with Crippen LogP contribution in [0.2, 0.25) is 0 Å². The molecular weight excluding hydrogens is 346 g/mol. The van der Waals surface area contributed by atoms with Gasteiger partial charge in [0.2, 0.25) is 5.88 Å². The lowest BCUT2D eigenvalue weighted by molar-refractivity contribution is 0.0348. The van der Waals surface area contributed by atoms with Crippen LogP contribution in [-0.4, -0.2) is 85.5 Å². The number of hydrogen-bond acceptors (Lipinski definition) is 6. The number of methoxy groups -OCH3 is 1. The number of hydrogen-bond donors (Lipinski definition) is 1. The summed E-state index contributed by atoms with van der Waals surface area (Å²) < 4.78 is 11.1. The molecule has 0 unspecified atom stereocenters. The Kier molecular flexibility index (Phi) is 7.60. The van der Waals surface area contributed by atoms with Crippen LogP contribution < -0.4 is 4.74 Å². The van der Waals surface area contributed by atoms with Crippen LogP contribution in [0.3, 0.4) is 0 Å². The molecule has 0 fully saturated rings. The molecule has 1 amide bonds. The maximum atomic E-state index is 13.2. The van der Waals surface area contributed by atoms with E-state index in [0.717, 1.165) is 0 Å². The van der Waals surface area contributed by atoms with Crippen molar-refractivity contribution in [2.24, 2.45) is 5.92 Å². The molecule has 1 aliphatic rings. The van der Waals surface area contributed by atoms with Crippen molar-refractivity contribution in [1.29, 1.82) is 0 Å². The van der Waals surface area contributed by atoms with Gasteiger partial charge in [-0.05, 0) is 27.1 Å². The molecule has 7 heteroatoms. The fourth-order valence-electron chi connectivity index (χ4n) is 2.96. The van der Waals surface area contributed by atoms with E-state index in [4.69, 9.17) is 9.47 Å². The minimum Gasteiger partial charge on any atom is -0.472 e. The van der Waals surface area contributed by atoms with Gasteiger partial charge in [-0.2, -0.15) is 0 Å². The third-order valence-corrected chi connectivity index (χ3v) is 4.52. The lowest BCUT2D eigenvalue weighted by Gasteiger charge is -2.37. The number of rotatable bonds is 5. The normalized spacial score (nSPS) is 20.9. The fourth-order valence-corrected chi connectivity index (χ4v) is 2.96. The number of carbonyl (C=O) groups excluding carboxylic acids is 1. The van der Waals surface area contributed by atoms with Crippen molar-refractivity contribution < 1.29 is 19.4 Å². The predicted octanol–water partition coefficient (Wildman–Crippen LogP) is 0.861. The standard InChI is InChI=1S/C20H29N3O4/c1-14-11-23(15(2)13-24)20(25)17-9-16(7-6-8-26-5)10-21-19(17)27-18(14)12-22(3)4/h9-10,14-15,18,24H,8,11-13H2,1-5H3/t14-,15+,18+/m0/s1. The third-order valence-electron chi connectivity index (χ3n) is 4.52. The summed E-state index contributed by atoms with van der Waals surface area (Å²) in [5, 5.41) is 9.63. The molecule has 148 valence electrons. The van der Waals surface area contributed by atoms with Gasteiger partial charge < -0.3 is 24.4 Å². The first-order valence-corrected chi connectivity index (χ1v) is 9.08. The first kappa shape index (κ1) is 21.2. The van der Waals surface area contributed by atoms with Crippen LogP contribution >= 0.6 is 0 Å². The van der Waals surface area contributed by atoms with Gasteiger partial charge in [-0.25, -0.2) is 4.98 Å². The van der Waals surface area contributed by atoms with Gasteiger partial charge in [-0.3, -0.25) is 4.79 Å². The molecule has 1 aliphatic heterocycles. The van der Waals surface area contributed by atoms with Gasteiger partial charge in [0.15, 0.2) is 0 Å². The molecule has 0 bridgehead atoms. The Balaban J connectivity index is 2.46. The monoisotopic (exact) mass is 375 g/mol. The van der Waals surface area contributed by atoms with Crippen LogP contribution in [0.1, 0.15) is 29.8 Å². The smallest absolute Gasteiger partial charge is 0.259 e. The first-order chi connectivity index (χ1) is 12.9. The summed E-state index contributed by atoms with van der Waals surface area (Å²) in [6.07, 6.45) is 1.48. The van der Waals surface area contributed by atoms with Gasteiger partial charge in [0.25, 0.3) is 5.91 Å². The number of aliphatic hydroxyl groups is 1. The molecule has 0 aromatic carbocycles. The van der Waals surface area contributed by atoms with Crippen LogP contribution in [0, 0.1) is 17.8 Å². The van der Waals surface area contributed by atoms with E-state index in [1.165, 1.54) is 0 Å². The molecule has 0 radical (unpaired) electrons. The van der Waals surface area contributed by atoms with Crippen molar-refractivity contribution in [1.82, 2.24) is 14.8 Å². The maximum Gasteiger partial charge on any atom is 0.259 e. The zero-order valence-electron chi connectivity index (χ0n) is 16.7. The largest absolute Gasteiger partial charge is 0.472 e. The number of nitrogens with zero attached hydrogens (tertiary/aromatic N) is 3. The molecule has 1 aromatic rings. The van der Waals surface area contributed by atoms with Crippen molar-refractivity contribution in [2.75, 3.05) is 47.5 Å². The van der Waals surface area contributed by atoms with Crippen LogP contribution in [-0.2, 0) is 4.74 Å². The van der Waals surface area contributed by atoms with Crippen molar-refractivity contribution >= 4 is 5.91 Å². The molecule has 0 saturated heterocycles. The van der Waals surface area contributed by atoms with Gasteiger partial charge in [0.05, 0.1) is 12.6 Å². The number of aromatic nitrogens is 1. The summed E-state index contributed by atoms with van der Waals surface area (Å²) in [5.74, 6) is 6.00. The molecule has 7 nitrogen and oxygen atoms in total. The Hall–Kier alpha value is -2.14. The number of pyridine rings is 1. The molecule has 3 atom stereocenters. The van der Waals surface area contributed by atoms with Crippen LogP contribution in [0.15, 0.2) is 12.3 Å². The van der Waals surface area contributed by atoms with Gasteiger partial charge in [0, 0.05) is 37.9 Å². The minimum absolute atomic E-state index is 0.0847. The zero-order chi connectivity index (χ0) is 20.0.